The van der Waals surface area contributed by atoms with Crippen LogP contribution >= 0.6 is 0 Å². The molecule has 3 heteroatoms. The van der Waals surface area contributed by atoms with Crippen molar-refractivity contribution in [1.29, 1.82) is 0 Å². The summed E-state index contributed by atoms with van der Waals surface area (Å²) in [6.45, 7) is 1.82. The van der Waals surface area contributed by atoms with E-state index in [1.54, 1.807) is 13.3 Å². The van der Waals surface area contributed by atoms with Crippen molar-refractivity contribution in [3.63, 3.8) is 0 Å². The first-order valence-electron chi connectivity index (χ1n) is 4.88. The van der Waals surface area contributed by atoms with Crippen LogP contribution in [0.4, 0.5) is 0 Å². The van der Waals surface area contributed by atoms with Gasteiger partial charge in [0.15, 0.2) is 0 Å². The first-order chi connectivity index (χ1) is 6.70. The minimum Gasteiger partial charge on any atom is -0.495 e. The summed E-state index contributed by atoms with van der Waals surface area (Å²) in [5.74, 6) is 0.783. The van der Waals surface area contributed by atoms with Gasteiger partial charge in [-0.3, -0.25) is 4.98 Å². The number of aromatic nitrogens is 1. The zero-order valence-corrected chi connectivity index (χ0v) is 8.53. The molecule has 76 valence electrons. The summed E-state index contributed by atoms with van der Waals surface area (Å²) < 4.78 is 5.25. The van der Waals surface area contributed by atoms with Gasteiger partial charge in [-0.2, -0.15) is 0 Å². The molecular weight excluding hydrogens is 178 g/mol. The molecular formula is C11H15NO2. The smallest absolute Gasteiger partial charge is 0.141 e. The quantitative estimate of drug-likeness (QED) is 0.791. The first-order valence-corrected chi connectivity index (χ1v) is 4.88. The topological polar surface area (TPSA) is 42.4 Å². The maximum Gasteiger partial charge on any atom is 0.141 e. The molecule has 0 aromatic carbocycles. The monoisotopic (exact) mass is 193 g/mol. The Morgan fingerprint density at radius 3 is 2.79 bits per heavy atom. The third-order valence-corrected chi connectivity index (χ3v) is 3.05. The number of hydrogen-bond donors (Lipinski definition) is 1. The number of pyridine rings is 1. The highest BCUT2D eigenvalue weighted by atomic mass is 16.5. The van der Waals surface area contributed by atoms with Crippen LogP contribution in [0.15, 0.2) is 18.3 Å². The lowest BCUT2D eigenvalue weighted by atomic mass is 9.95. The normalized spacial score (nSPS) is 20.2. The summed E-state index contributed by atoms with van der Waals surface area (Å²) in [5, 5.41) is 9.72. The number of nitrogens with zero attached hydrogens (tertiary/aromatic N) is 1. The Kier molecular flexibility index (Phi) is 2.19. The minimum atomic E-state index is -0.355. The predicted octanol–water partition coefficient (Wildman–Crippen LogP) is 1.50. The lowest BCUT2D eigenvalue weighted by Crippen LogP contribution is -2.24. The summed E-state index contributed by atoms with van der Waals surface area (Å²) in [7, 11) is 1.64. The Hall–Kier alpha value is -1.09. The van der Waals surface area contributed by atoms with Crippen LogP contribution in [0.3, 0.4) is 0 Å². The maximum atomic E-state index is 9.72. The van der Waals surface area contributed by atoms with Crippen molar-refractivity contribution in [2.45, 2.75) is 31.3 Å². The molecule has 0 aliphatic heterocycles. The number of aliphatic hydroxyl groups excluding tert-OH is 1. The van der Waals surface area contributed by atoms with Crippen LogP contribution in [0.5, 0.6) is 5.75 Å². The third kappa shape index (κ3) is 1.28. The molecule has 1 N–H and O–H groups in total. The Bertz CT molecular complexity index is 332. The van der Waals surface area contributed by atoms with Crippen LogP contribution in [0.25, 0.3) is 0 Å². The third-order valence-electron chi connectivity index (χ3n) is 3.05. The van der Waals surface area contributed by atoms with Gasteiger partial charge in [0.1, 0.15) is 5.75 Å². The highest BCUT2D eigenvalue weighted by Crippen LogP contribution is 2.52. The second kappa shape index (κ2) is 3.24. The molecule has 1 aromatic rings. The lowest BCUT2D eigenvalue weighted by molar-refractivity contribution is 0.147. The van der Waals surface area contributed by atoms with Crippen LogP contribution in [0, 0.1) is 0 Å². The largest absolute Gasteiger partial charge is 0.495 e. The zero-order valence-electron chi connectivity index (χ0n) is 8.53. The summed E-state index contributed by atoms with van der Waals surface area (Å²) >= 11 is 0. The summed E-state index contributed by atoms with van der Waals surface area (Å²) in [6.07, 6.45) is 3.39. The van der Waals surface area contributed by atoms with Crippen LogP contribution in [-0.4, -0.2) is 23.3 Å². The molecule has 1 aromatic heterocycles. The van der Waals surface area contributed by atoms with Crippen molar-refractivity contribution in [1.82, 2.24) is 4.98 Å². The molecule has 1 atom stereocenters. The van der Waals surface area contributed by atoms with Gasteiger partial charge in [-0.1, -0.05) is 0 Å². The fourth-order valence-corrected chi connectivity index (χ4v) is 1.92. The molecule has 0 radical (unpaired) electrons. The van der Waals surface area contributed by atoms with E-state index in [4.69, 9.17) is 4.74 Å². The van der Waals surface area contributed by atoms with Crippen molar-refractivity contribution in [3.8, 4) is 5.75 Å². The average Bonchev–Trinajstić information content (AvgIpc) is 2.98. The van der Waals surface area contributed by atoms with Gasteiger partial charge in [0, 0.05) is 11.6 Å². The molecule has 3 nitrogen and oxygen atoms in total. The molecule has 2 rings (SSSR count). The molecule has 1 aliphatic carbocycles. The molecule has 0 saturated heterocycles. The first kappa shape index (κ1) is 9.46. The Labute approximate surface area is 83.7 Å². The molecule has 1 unspecified atom stereocenters. The number of aliphatic hydroxyl groups is 1. The molecule has 0 bridgehead atoms. The fraction of sp³-hybridized carbons (Fsp3) is 0.545. The predicted molar refractivity (Wildman–Crippen MR) is 53.4 cm³/mol. The zero-order chi connectivity index (χ0) is 10.2. The number of hydrogen-bond acceptors (Lipinski definition) is 3. The van der Waals surface area contributed by atoms with Crippen LogP contribution in [0.1, 0.15) is 25.5 Å². The maximum absolute atomic E-state index is 9.72. The van der Waals surface area contributed by atoms with Crippen molar-refractivity contribution in [2.24, 2.45) is 0 Å². The van der Waals surface area contributed by atoms with Gasteiger partial charge in [-0.25, -0.2) is 0 Å². The van der Waals surface area contributed by atoms with Crippen LogP contribution in [0.2, 0.25) is 0 Å². The highest BCUT2D eigenvalue weighted by Gasteiger charge is 2.51. The summed E-state index contributed by atoms with van der Waals surface area (Å²) in [5.41, 5.74) is 0.754. The molecule has 14 heavy (non-hydrogen) atoms. The van der Waals surface area contributed by atoms with Crippen molar-refractivity contribution in [3.05, 3.63) is 24.0 Å². The van der Waals surface area contributed by atoms with E-state index in [0.717, 1.165) is 24.3 Å². The second-order valence-electron chi connectivity index (χ2n) is 3.89. The van der Waals surface area contributed by atoms with E-state index >= 15 is 0 Å². The molecule has 1 heterocycles. The van der Waals surface area contributed by atoms with Gasteiger partial charge in [-0.15, -0.1) is 0 Å². The molecule has 1 aliphatic rings. The van der Waals surface area contributed by atoms with E-state index in [1.807, 2.05) is 19.1 Å². The van der Waals surface area contributed by atoms with Gasteiger partial charge in [0.05, 0.1) is 18.9 Å². The highest BCUT2D eigenvalue weighted by molar-refractivity contribution is 5.38. The Morgan fingerprint density at radius 1 is 1.57 bits per heavy atom. The van der Waals surface area contributed by atoms with Gasteiger partial charge < -0.3 is 9.84 Å². The Morgan fingerprint density at radius 2 is 2.29 bits per heavy atom. The number of ether oxygens (including phenoxy) is 1. The molecule has 1 saturated carbocycles. The van der Waals surface area contributed by atoms with E-state index in [1.165, 1.54) is 0 Å². The number of rotatable bonds is 3. The fourth-order valence-electron chi connectivity index (χ4n) is 1.92. The van der Waals surface area contributed by atoms with Gasteiger partial charge in [-0.05, 0) is 31.9 Å². The lowest BCUT2D eigenvalue weighted by Gasteiger charge is -2.19. The van der Waals surface area contributed by atoms with E-state index in [9.17, 15) is 5.11 Å². The van der Waals surface area contributed by atoms with E-state index in [-0.39, 0.29) is 11.5 Å². The average molecular weight is 193 g/mol. The molecule has 1 fully saturated rings. The van der Waals surface area contributed by atoms with E-state index in [0.29, 0.717) is 0 Å². The summed E-state index contributed by atoms with van der Waals surface area (Å²) in [4.78, 5) is 4.32. The molecule has 0 spiro atoms. The second-order valence-corrected chi connectivity index (χ2v) is 3.89. The van der Waals surface area contributed by atoms with Gasteiger partial charge in [0.25, 0.3) is 0 Å². The van der Waals surface area contributed by atoms with Crippen LogP contribution < -0.4 is 4.74 Å². The van der Waals surface area contributed by atoms with Gasteiger partial charge in [0.2, 0.25) is 0 Å². The Balaban J connectivity index is 2.41. The molecule has 0 amide bonds. The summed E-state index contributed by atoms with van der Waals surface area (Å²) in [6, 6.07) is 3.74. The van der Waals surface area contributed by atoms with E-state index < -0.39 is 0 Å². The van der Waals surface area contributed by atoms with Crippen molar-refractivity contribution in [2.75, 3.05) is 7.11 Å². The minimum absolute atomic E-state index is 0.146. The standard InChI is InChI=1S/C11H15NO2/c1-8(13)11(5-6-11)10-9(14-2)4-3-7-12-10/h3-4,7-8,13H,5-6H2,1-2H3. The van der Waals surface area contributed by atoms with Crippen molar-refractivity contribution < 1.29 is 9.84 Å². The van der Waals surface area contributed by atoms with E-state index in [2.05, 4.69) is 4.98 Å². The SMILES string of the molecule is COc1cccnc1C1(C(C)O)CC1. The number of methoxy groups -OCH3 is 1. The van der Waals surface area contributed by atoms with Crippen molar-refractivity contribution >= 4 is 0 Å². The van der Waals surface area contributed by atoms with Crippen LogP contribution in [-0.2, 0) is 5.41 Å². The van der Waals surface area contributed by atoms with Gasteiger partial charge >= 0.3 is 0 Å².